The van der Waals surface area contributed by atoms with E-state index in [0.717, 1.165) is 16.7 Å². The van der Waals surface area contributed by atoms with Gasteiger partial charge in [0.15, 0.2) is 0 Å². The molecular weight excluding hydrogens is 252 g/mol. The van der Waals surface area contributed by atoms with Crippen molar-refractivity contribution in [3.63, 3.8) is 0 Å². The Morgan fingerprint density at radius 1 is 1.20 bits per heavy atom. The molecule has 0 aliphatic rings. The smallest absolute Gasteiger partial charge is 0.0734 e. The Morgan fingerprint density at radius 3 is 2.60 bits per heavy atom. The van der Waals surface area contributed by atoms with Gasteiger partial charge < -0.3 is 0 Å². The largest absolute Gasteiger partial charge is 0.241 e. The number of halogens is 1. The second-order valence-corrected chi connectivity index (χ2v) is 4.21. The summed E-state index contributed by atoms with van der Waals surface area (Å²) in [5.74, 6) is 0. The van der Waals surface area contributed by atoms with Gasteiger partial charge in [0.25, 0.3) is 0 Å². The second kappa shape index (κ2) is 4.19. The van der Waals surface area contributed by atoms with Crippen molar-refractivity contribution >= 4 is 15.9 Å². The molecule has 2 aromatic rings. The van der Waals surface area contributed by atoms with Crippen molar-refractivity contribution in [2.24, 2.45) is 0 Å². The van der Waals surface area contributed by atoms with Gasteiger partial charge in [-0.05, 0) is 43.2 Å². The molecule has 1 aromatic heterocycles. The van der Waals surface area contributed by atoms with E-state index in [1.165, 1.54) is 11.1 Å². The predicted molar refractivity (Wildman–Crippen MR) is 65.7 cm³/mol. The maximum Gasteiger partial charge on any atom is 0.0734 e. The van der Waals surface area contributed by atoms with Crippen LogP contribution in [0.25, 0.3) is 5.69 Å². The van der Waals surface area contributed by atoms with Crippen molar-refractivity contribution in [3.8, 4) is 5.69 Å². The van der Waals surface area contributed by atoms with Crippen LogP contribution in [0.2, 0.25) is 0 Å². The molecule has 15 heavy (non-hydrogen) atoms. The van der Waals surface area contributed by atoms with E-state index in [0.29, 0.717) is 0 Å². The fourth-order valence-corrected chi connectivity index (χ4v) is 1.74. The Bertz CT molecular complexity index is 474. The predicted octanol–water partition coefficient (Wildman–Crippen LogP) is 3.38. The molecule has 0 saturated heterocycles. The molecule has 0 radical (unpaired) electrons. The minimum Gasteiger partial charge on any atom is -0.241 e. The number of aryl methyl sites for hydroxylation is 2. The van der Waals surface area contributed by atoms with Crippen LogP contribution in [0, 0.1) is 13.8 Å². The summed E-state index contributed by atoms with van der Waals surface area (Å²) in [7, 11) is 0. The maximum absolute atomic E-state index is 4.44. The van der Waals surface area contributed by atoms with E-state index in [2.05, 4.69) is 53.1 Å². The van der Waals surface area contributed by atoms with Crippen LogP contribution in [0.4, 0.5) is 0 Å². The molecule has 1 aromatic carbocycles. The molecule has 0 amide bonds. The van der Waals surface area contributed by atoms with Gasteiger partial charge in [-0.1, -0.05) is 22.0 Å². The van der Waals surface area contributed by atoms with Crippen LogP contribution in [0.5, 0.6) is 0 Å². The molecule has 2 nitrogen and oxygen atoms in total. The first-order valence-corrected chi connectivity index (χ1v) is 6.01. The zero-order valence-electron chi connectivity index (χ0n) is 8.87. The lowest BCUT2D eigenvalue weighted by molar-refractivity contribution is 0.858. The van der Waals surface area contributed by atoms with E-state index in [1.807, 2.05) is 16.9 Å². The lowest BCUT2D eigenvalue weighted by Gasteiger charge is -2.04. The zero-order chi connectivity index (χ0) is 10.8. The molecule has 0 atom stereocenters. The first-order chi connectivity index (χ1) is 7.20. The lowest BCUT2D eigenvalue weighted by Crippen LogP contribution is -1.96. The highest BCUT2D eigenvalue weighted by molar-refractivity contribution is 9.08. The van der Waals surface area contributed by atoms with Crippen LogP contribution in [0.3, 0.4) is 0 Å². The first-order valence-electron chi connectivity index (χ1n) is 4.89. The van der Waals surface area contributed by atoms with E-state index in [-0.39, 0.29) is 0 Å². The average Bonchev–Trinajstić information content (AvgIpc) is 2.70. The van der Waals surface area contributed by atoms with Crippen molar-refractivity contribution in [3.05, 3.63) is 47.3 Å². The first kappa shape index (κ1) is 10.4. The highest BCUT2D eigenvalue weighted by atomic mass is 79.9. The standard InChI is InChI=1S/C12H13BrN2/c1-9-3-4-12(7-10(9)2)15-6-5-11(8-13)14-15/h3-7H,8H2,1-2H3. The lowest BCUT2D eigenvalue weighted by atomic mass is 10.1. The summed E-state index contributed by atoms with van der Waals surface area (Å²) in [5, 5.41) is 5.24. The molecule has 0 unspecified atom stereocenters. The van der Waals surface area contributed by atoms with Gasteiger partial charge in [-0.2, -0.15) is 5.10 Å². The van der Waals surface area contributed by atoms with Crippen LogP contribution < -0.4 is 0 Å². The number of alkyl halides is 1. The molecule has 0 fully saturated rings. The molecule has 3 heteroatoms. The van der Waals surface area contributed by atoms with E-state index >= 15 is 0 Å². The van der Waals surface area contributed by atoms with Gasteiger partial charge in [0.2, 0.25) is 0 Å². The summed E-state index contributed by atoms with van der Waals surface area (Å²) in [6.07, 6.45) is 1.99. The van der Waals surface area contributed by atoms with Crippen molar-refractivity contribution in [2.45, 2.75) is 19.2 Å². The molecule has 0 saturated carbocycles. The Hall–Kier alpha value is -1.09. The second-order valence-electron chi connectivity index (χ2n) is 3.65. The van der Waals surface area contributed by atoms with Gasteiger partial charge in [0.05, 0.1) is 11.4 Å². The third-order valence-electron chi connectivity index (χ3n) is 2.54. The third-order valence-corrected chi connectivity index (χ3v) is 3.11. The molecule has 0 aliphatic heterocycles. The minimum atomic E-state index is 0.796. The molecule has 0 spiro atoms. The Kier molecular flexibility index (Phi) is 2.91. The van der Waals surface area contributed by atoms with E-state index in [1.54, 1.807) is 0 Å². The highest BCUT2D eigenvalue weighted by Gasteiger charge is 2.01. The number of hydrogen-bond donors (Lipinski definition) is 0. The van der Waals surface area contributed by atoms with E-state index < -0.39 is 0 Å². The van der Waals surface area contributed by atoms with Crippen LogP contribution in [0.1, 0.15) is 16.8 Å². The third kappa shape index (κ3) is 2.12. The van der Waals surface area contributed by atoms with Crippen LogP contribution in [-0.2, 0) is 5.33 Å². The molecule has 0 N–H and O–H groups in total. The van der Waals surface area contributed by atoms with Crippen LogP contribution in [-0.4, -0.2) is 9.78 Å². The summed E-state index contributed by atoms with van der Waals surface area (Å²) in [6, 6.07) is 8.39. The maximum atomic E-state index is 4.44. The Labute approximate surface area is 98.1 Å². The van der Waals surface area contributed by atoms with Crippen LogP contribution >= 0.6 is 15.9 Å². The number of benzene rings is 1. The number of hydrogen-bond acceptors (Lipinski definition) is 1. The summed E-state index contributed by atoms with van der Waals surface area (Å²) in [6.45, 7) is 4.24. The molecular formula is C12H13BrN2. The monoisotopic (exact) mass is 264 g/mol. The highest BCUT2D eigenvalue weighted by Crippen LogP contribution is 2.14. The SMILES string of the molecule is Cc1ccc(-n2ccc(CBr)n2)cc1C. The normalized spacial score (nSPS) is 10.6. The Balaban J connectivity index is 2.40. The van der Waals surface area contributed by atoms with Crippen molar-refractivity contribution in [1.82, 2.24) is 9.78 Å². The van der Waals surface area contributed by atoms with E-state index in [9.17, 15) is 0 Å². The number of aromatic nitrogens is 2. The molecule has 1 heterocycles. The fraction of sp³-hybridized carbons (Fsp3) is 0.250. The summed E-state index contributed by atoms with van der Waals surface area (Å²) >= 11 is 3.39. The fourth-order valence-electron chi connectivity index (χ4n) is 1.44. The number of rotatable bonds is 2. The van der Waals surface area contributed by atoms with Gasteiger partial charge >= 0.3 is 0 Å². The minimum absolute atomic E-state index is 0.796. The summed E-state index contributed by atoms with van der Waals surface area (Å²) in [4.78, 5) is 0. The Morgan fingerprint density at radius 2 is 2.00 bits per heavy atom. The zero-order valence-corrected chi connectivity index (χ0v) is 10.5. The van der Waals surface area contributed by atoms with Crippen molar-refractivity contribution in [2.75, 3.05) is 0 Å². The summed E-state index contributed by atoms with van der Waals surface area (Å²) < 4.78 is 1.91. The van der Waals surface area contributed by atoms with Gasteiger partial charge in [0.1, 0.15) is 0 Å². The van der Waals surface area contributed by atoms with Crippen molar-refractivity contribution < 1.29 is 0 Å². The van der Waals surface area contributed by atoms with Gasteiger partial charge in [-0.3, -0.25) is 0 Å². The number of nitrogens with zero attached hydrogens (tertiary/aromatic N) is 2. The molecule has 78 valence electrons. The van der Waals surface area contributed by atoms with Crippen molar-refractivity contribution in [1.29, 1.82) is 0 Å². The van der Waals surface area contributed by atoms with Gasteiger partial charge in [-0.15, -0.1) is 0 Å². The van der Waals surface area contributed by atoms with E-state index in [4.69, 9.17) is 0 Å². The molecule has 0 bridgehead atoms. The topological polar surface area (TPSA) is 17.8 Å². The average molecular weight is 265 g/mol. The van der Waals surface area contributed by atoms with Crippen LogP contribution in [0.15, 0.2) is 30.5 Å². The quantitative estimate of drug-likeness (QED) is 0.761. The summed E-state index contributed by atoms with van der Waals surface area (Å²) in [5.41, 5.74) is 4.77. The van der Waals surface area contributed by atoms with Gasteiger partial charge in [-0.25, -0.2) is 4.68 Å². The van der Waals surface area contributed by atoms with Gasteiger partial charge in [0, 0.05) is 11.5 Å². The molecule has 2 rings (SSSR count). The molecule has 0 aliphatic carbocycles.